The van der Waals surface area contributed by atoms with E-state index in [-0.39, 0.29) is 80.8 Å². The Morgan fingerprint density at radius 1 is 0.615 bits per heavy atom. The second-order valence-electron chi connectivity index (χ2n) is 0.894. The van der Waals surface area contributed by atoms with Crippen molar-refractivity contribution in [3.05, 3.63) is 0 Å². The van der Waals surface area contributed by atoms with Crippen molar-refractivity contribution in [1.82, 2.24) is 0 Å². The van der Waals surface area contributed by atoms with E-state index in [1.807, 2.05) is 0 Å². The van der Waals surface area contributed by atoms with Crippen LogP contribution in [0.2, 0.25) is 0 Å². The Kier molecular flexibility index (Phi) is 29.7. The summed E-state index contributed by atoms with van der Waals surface area (Å²) in [5, 5.41) is 0. The maximum absolute atomic E-state index is 8.55. The largest absolute Gasteiger partial charge is 4.00 e. The summed E-state index contributed by atoms with van der Waals surface area (Å²) >= 11 is 0. The van der Waals surface area contributed by atoms with Crippen molar-refractivity contribution in [3.63, 3.8) is 0 Å². The van der Waals surface area contributed by atoms with E-state index in [4.69, 9.17) is 38.5 Å². The summed E-state index contributed by atoms with van der Waals surface area (Å²) in [7, 11) is -10.8. The fourth-order valence-corrected chi connectivity index (χ4v) is 0. The Morgan fingerprint density at radius 2 is 0.615 bits per heavy atom. The van der Waals surface area contributed by atoms with Crippen LogP contribution in [-0.4, -0.2) is 0 Å². The fraction of sp³-hybridized carbons (Fsp3) is 0. The van der Waals surface area contributed by atoms with Gasteiger partial charge in [-0.3, -0.25) is 0 Å². The third kappa shape index (κ3) is 290. The van der Waals surface area contributed by atoms with Crippen LogP contribution < -0.4 is 88.5 Å². The van der Waals surface area contributed by atoms with Gasteiger partial charge in [0.25, 0.3) is 0 Å². The molecule has 0 unspecified atom stereocenters. The van der Waals surface area contributed by atoms with E-state index in [0.717, 1.165) is 0 Å². The van der Waals surface area contributed by atoms with Crippen LogP contribution in [-0.2, 0) is 30.8 Å². The van der Waals surface area contributed by atoms with Crippen LogP contribution in [0.4, 0.5) is 0 Å². The Hall–Kier alpha value is 2.93. The molecule has 0 fully saturated rings. The first kappa shape index (κ1) is 29.7. The van der Waals surface area contributed by atoms with Crippen LogP contribution in [0, 0.1) is 0 Å². The van der Waals surface area contributed by atoms with Gasteiger partial charge in [-0.25, -0.2) is 0 Å². The van der Waals surface area contributed by atoms with Gasteiger partial charge in [-0.05, 0) is 0 Å². The number of rotatable bonds is 0. The monoisotopic (exact) mass is 284 g/mol. The summed E-state index contributed by atoms with van der Waals surface area (Å²) in [5.41, 5.74) is 0. The van der Waals surface area contributed by atoms with Crippen LogP contribution in [0.25, 0.3) is 0 Å². The molecule has 0 saturated heterocycles. The summed E-state index contributed by atoms with van der Waals surface area (Å²) in [4.78, 5) is 51.3. The van der Waals surface area contributed by atoms with Crippen LogP contribution in [0.5, 0.6) is 0 Å². The van der Waals surface area contributed by atoms with Crippen LogP contribution in [0.15, 0.2) is 0 Å². The molecule has 0 aromatic carbocycles. The van der Waals surface area contributed by atoms with Gasteiger partial charge in [0.1, 0.15) is 0 Å². The van der Waals surface area contributed by atoms with E-state index in [1.165, 1.54) is 0 Å². The van der Waals surface area contributed by atoms with Crippen molar-refractivity contribution in [3.8, 4) is 0 Å². The second-order valence-corrected chi connectivity index (χ2v) is 2.68. The van der Waals surface area contributed by atoms with E-state index >= 15 is 0 Å². The average Bonchev–Trinajstić information content (AvgIpc) is 1.12. The van der Waals surface area contributed by atoms with Gasteiger partial charge in [0.2, 0.25) is 0 Å². The van der Waals surface area contributed by atoms with Crippen molar-refractivity contribution in [2.24, 2.45) is 0 Å². The molecule has 0 radical (unpaired) electrons. The summed E-state index contributed by atoms with van der Waals surface area (Å²) in [6.45, 7) is 0. The van der Waals surface area contributed by atoms with Crippen LogP contribution in [0.3, 0.4) is 0 Å². The number of hydrogen-bond acceptors (Lipinski definition) is 8. The van der Waals surface area contributed by atoms with Gasteiger partial charge in [0.05, 0.1) is 0 Å². The molecule has 0 spiro atoms. The summed E-state index contributed by atoms with van der Waals surface area (Å²) in [6, 6.07) is 0. The average molecular weight is 284 g/mol. The third-order valence-corrected chi connectivity index (χ3v) is 0. The minimum absolute atomic E-state index is 0. The molecule has 64 valence electrons. The van der Waals surface area contributed by atoms with Crippen LogP contribution >= 0.6 is 15.6 Å². The normalized spacial score (nSPS) is 9.08. The predicted octanol–water partition coefficient (Wildman–Crippen LogP) is -11.6. The zero-order valence-corrected chi connectivity index (χ0v) is 14.0. The molecule has 0 N–H and O–H groups in total. The van der Waals surface area contributed by atoms with E-state index in [0.29, 0.717) is 0 Å². The first-order valence-electron chi connectivity index (χ1n) is 1.46. The molecule has 13 heteroatoms. The van der Waals surface area contributed by atoms with Gasteiger partial charge in [0.15, 0.2) is 0 Å². The minimum Gasteiger partial charge on any atom is -0.822 e. The Bertz CT molecular complexity index is 132. The Labute approximate surface area is 133 Å². The standard InChI is InChI=1S/2Na.2H3O4P.Ti/c;;2*1-5(2,3)4;/h;;2*(H3,1,2,3,4);/q2*+1;;;+4/p-6. The topological polar surface area (TPSA) is 172 Å². The van der Waals surface area contributed by atoms with Gasteiger partial charge >= 0.3 is 80.8 Å². The third-order valence-electron chi connectivity index (χ3n) is 0. The van der Waals surface area contributed by atoms with E-state index in [1.54, 1.807) is 0 Å². The molecule has 8 nitrogen and oxygen atoms in total. The Balaban J connectivity index is -0.0000000267. The van der Waals surface area contributed by atoms with Crippen molar-refractivity contribution in [1.29, 1.82) is 0 Å². The molecule has 0 aliphatic rings. The van der Waals surface area contributed by atoms with Crippen molar-refractivity contribution in [2.75, 3.05) is 0 Å². The maximum atomic E-state index is 8.55. The predicted molar refractivity (Wildman–Crippen MR) is 15.2 cm³/mol. The number of hydrogen-bond donors (Lipinski definition) is 0. The second kappa shape index (κ2) is 13.0. The molecule has 13 heavy (non-hydrogen) atoms. The molecule has 0 aliphatic carbocycles. The smallest absolute Gasteiger partial charge is 0.822 e. The SMILES string of the molecule is O=P([O-])([O-])[O-].O=P([O-])([O-])[O-].[Na+].[Na+].[Ti+4]. The van der Waals surface area contributed by atoms with E-state index < -0.39 is 15.6 Å². The molecule has 0 aromatic rings. The summed E-state index contributed by atoms with van der Waals surface area (Å²) < 4.78 is 17.1. The number of phosphoric acid groups is 2. The molecule has 0 saturated carbocycles. The van der Waals surface area contributed by atoms with E-state index in [2.05, 4.69) is 0 Å². The van der Waals surface area contributed by atoms with Crippen molar-refractivity contribution >= 4 is 15.6 Å². The summed E-state index contributed by atoms with van der Waals surface area (Å²) in [5.74, 6) is 0. The molecule has 0 rings (SSSR count). The summed E-state index contributed by atoms with van der Waals surface area (Å²) in [6.07, 6.45) is 0. The van der Waals surface area contributed by atoms with Gasteiger partial charge < -0.3 is 38.5 Å². The first-order chi connectivity index (χ1) is 4.00. The van der Waals surface area contributed by atoms with Gasteiger partial charge in [-0.15, -0.1) is 0 Å². The molecule has 0 heterocycles. The molecular weight excluding hydrogens is 284 g/mol. The van der Waals surface area contributed by atoms with Gasteiger partial charge in [-0.2, -0.15) is 15.6 Å². The zero-order valence-electron chi connectivity index (χ0n) is 6.66. The van der Waals surface area contributed by atoms with Gasteiger partial charge in [0, 0.05) is 0 Å². The molecule has 0 bridgehead atoms. The quantitative estimate of drug-likeness (QED) is 0.311. The molecule has 0 aliphatic heterocycles. The maximum Gasteiger partial charge on any atom is 4.00 e. The molecule has 0 aromatic heterocycles. The molecule has 0 amide bonds. The van der Waals surface area contributed by atoms with Gasteiger partial charge in [-0.1, -0.05) is 0 Å². The minimum atomic E-state index is -5.39. The first-order valence-corrected chi connectivity index (χ1v) is 4.38. The van der Waals surface area contributed by atoms with Crippen LogP contribution in [0.1, 0.15) is 0 Å². The zero-order chi connectivity index (χ0) is 9.00. The Morgan fingerprint density at radius 3 is 0.615 bits per heavy atom. The molecule has 0 atom stereocenters. The van der Waals surface area contributed by atoms with Crippen molar-refractivity contribution < 1.29 is 119 Å². The fourth-order valence-electron chi connectivity index (χ4n) is 0. The molecular formula is Na2O8P2Ti. The van der Waals surface area contributed by atoms with Crippen molar-refractivity contribution in [2.45, 2.75) is 0 Å². The van der Waals surface area contributed by atoms with E-state index in [9.17, 15) is 0 Å².